The summed E-state index contributed by atoms with van der Waals surface area (Å²) in [5.41, 5.74) is 1.89. The van der Waals surface area contributed by atoms with Gasteiger partial charge in [-0.25, -0.2) is 0 Å². The fourth-order valence-corrected chi connectivity index (χ4v) is 5.81. The first-order valence-corrected chi connectivity index (χ1v) is 12.3. The highest BCUT2D eigenvalue weighted by Crippen LogP contribution is 2.38. The van der Waals surface area contributed by atoms with Gasteiger partial charge in [-0.15, -0.1) is 17.9 Å². The number of thiophene rings is 1. The predicted octanol–water partition coefficient (Wildman–Crippen LogP) is 5.06. The Morgan fingerprint density at radius 2 is 1.94 bits per heavy atom. The zero-order valence-electron chi connectivity index (χ0n) is 18.1. The maximum absolute atomic E-state index is 13.3. The molecule has 2 heterocycles. The molecular formula is C26H32N2O2S. The summed E-state index contributed by atoms with van der Waals surface area (Å²) in [6.45, 7) is 5.55. The maximum Gasteiger partial charge on any atom is 0.226 e. The number of benzene rings is 1. The number of amides is 2. The van der Waals surface area contributed by atoms with Gasteiger partial charge in [0, 0.05) is 30.4 Å². The van der Waals surface area contributed by atoms with Crippen LogP contribution < -0.4 is 5.32 Å². The van der Waals surface area contributed by atoms with E-state index in [4.69, 9.17) is 0 Å². The Kier molecular flexibility index (Phi) is 6.91. The first kappa shape index (κ1) is 21.8. The van der Waals surface area contributed by atoms with Gasteiger partial charge in [-0.05, 0) is 54.7 Å². The Hall–Kier alpha value is -2.40. The number of piperidine rings is 1. The standard InChI is InChI=1S/C26H32N2O2S/c1-2-14-27-25(30)26(12-15-28(16-13-26)24(29)21-8-3-4-9-21)19-20-7-5-10-22(18-20)23-11-6-17-31-23/h2,5-7,10-11,17-18,21H,1,3-4,8-9,12-16,19H2,(H,27,30). The van der Waals surface area contributed by atoms with Crippen LogP contribution in [0.4, 0.5) is 0 Å². The normalized spacial score (nSPS) is 18.6. The minimum atomic E-state index is -0.483. The fraction of sp³-hybridized carbons (Fsp3) is 0.462. The smallest absolute Gasteiger partial charge is 0.226 e. The van der Waals surface area contributed by atoms with Gasteiger partial charge in [0.15, 0.2) is 0 Å². The highest BCUT2D eigenvalue weighted by molar-refractivity contribution is 7.13. The van der Waals surface area contributed by atoms with Crippen molar-refractivity contribution in [1.82, 2.24) is 10.2 Å². The van der Waals surface area contributed by atoms with Crippen molar-refractivity contribution in [1.29, 1.82) is 0 Å². The molecule has 4 rings (SSSR count). The number of nitrogens with zero attached hydrogens (tertiary/aromatic N) is 1. The van der Waals surface area contributed by atoms with Crippen LogP contribution >= 0.6 is 11.3 Å². The lowest BCUT2D eigenvalue weighted by atomic mass is 9.72. The van der Waals surface area contributed by atoms with Crippen LogP contribution in [0.5, 0.6) is 0 Å². The van der Waals surface area contributed by atoms with Gasteiger partial charge in [-0.2, -0.15) is 0 Å². The third-order valence-electron chi connectivity index (χ3n) is 6.90. The van der Waals surface area contributed by atoms with E-state index in [0.29, 0.717) is 44.8 Å². The number of carbonyl (C=O) groups excluding carboxylic acids is 2. The van der Waals surface area contributed by atoms with E-state index in [9.17, 15) is 9.59 Å². The summed E-state index contributed by atoms with van der Waals surface area (Å²) < 4.78 is 0. The van der Waals surface area contributed by atoms with Crippen molar-refractivity contribution in [2.75, 3.05) is 19.6 Å². The topological polar surface area (TPSA) is 49.4 Å². The van der Waals surface area contributed by atoms with Gasteiger partial charge in [0.25, 0.3) is 0 Å². The average molecular weight is 437 g/mol. The molecule has 2 aromatic rings. The zero-order chi connectivity index (χ0) is 21.7. The SMILES string of the molecule is C=CCNC(=O)C1(Cc2cccc(-c3cccs3)c2)CCN(C(=O)C2CCCC2)CC1. The molecule has 0 radical (unpaired) electrons. The second-order valence-electron chi connectivity index (χ2n) is 8.94. The van der Waals surface area contributed by atoms with Crippen molar-refractivity contribution >= 4 is 23.2 Å². The van der Waals surface area contributed by atoms with Crippen LogP contribution in [0.1, 0.15) is 44.1 Å². The van der Waals surface area contributed by atoms with Crippen LogP contribution in [-0.4, -0.2) is 36.3 Å². The molecule has 0 bridgehead atoms. The monoisotopic (exact) mass is 436 g/mol. The average Bonchev–Trinajstić information content (AvgIpc) is 3.52. The zero-order valence-corrected chi connectivity index (χ0v) is 19.0. The van der Waals surface area contributed by atoms with Crippen LogP contribution in [0, 0.1) is 11.3 Å². The van der Waals surface area contributed by atoms with E-state index < -0.39 is 5.41 Å². The molecule has 1 aromatic heterocycles. The third-order valence-corrected chi connectivity index (χ3v) is 7.82. The quantitative estimate of drug-likeness (QED) is 0.617. The van der Waals surface area contributed by atoms with E-state index in [0.717, 1.165) is 12.8 Å². The molecule has 0 atom stereocenters. The van der Waals surface area contributed by atoms with Crippen molar-refractivity contribution < 1.29 is 9.59 Å². The Labute approximate surface area is 189 Å². The van der Waals surface area contributed by atoms with E-state index in [-0.39, 0.29) is 11.8 Å². The van der Waals surface area contributed by atoms with Gasteiger partial charge < -0.3 is 10.2 Å². The summed E-state index contributed by atoms with van der Waals surface area (Å²) >= 11 is 1.73. The molecular weight excluding hydrogens is 404 g/mol. The van der Waals surface area contributed by atoms with Crippen molar-refractivity contribution in [2.45, 2.75) is 44.9 Å². The number of likely N-dealkylation sites (tertiary alicyclic amines) is 1. The lowest BCUT2D eigenvalue weighted by molar-refractivity contribution is -0.143. The Morgan fingerprint density at radius 1 is 1.16 bits per heavy atom. The van der Waals surface area contributed by atoms with E-state index in [1.807, 2.05) is 4.90 Å². The lowest BCUT2D eigenvalue weighted by Crippen LogP contribution is -2.52. The van der Waals surface area contributed by atoms with E-state index in [2.05, 4.69) is 53.7 Å². The largest absolute Gasteiger partial charge is 0.352 e. The van der Waals surface area contributed by atoms with Crippen molar-refractivity contribution in [3.05, 3.63) is 60.0 Å². The summed E-state index contributed by atoms with van der Waals surface area (Å²) in [6.07, 6.45) is 8.21. The maximum atomic E-state index is 13.3. The molecule has 2 amide bonds. The van der Waals surface area contributed by atoms with E-state index >= 15 is 0 Å². The molecule has 0 unspecified atom stereocenters. The van der Waals surface area contributed by atoms with Gasteiger partial charge in [0.05, 0.1) is 5.41 Å². The van der Waals surface area contributed by atoms with E-state index in [1.54, 1.807) is 17.4 Å². The summed E-state index contributed by atoms with van der Waals surface area (Å²) in [7, 11) is 0. The predicted molar refractivity (Wildman–Crippen MR) is 127 cm³/mol. The molecule has 0 spiro atoms. The molecule has 5 heteroatoms. The van der Waals surface area contributed by atoms with Gasteiger partial charge >= 0.3 is 0 Å². The number of hydrogen-bond donors (Lipinski definition) is 1. The third kappa shape index (κ3) is 4.93. The summed E-state index contributed by atoms with van der Waals surface area (Å²) in [6, 6.07) is 12.7. The Balaban J connectivity index is 1.51. The van der Waals surface area contributed by atoms with Crippen molar-refractivity contribution in [3.8, 4) is 10.4 Å². The fourth-order valence-electron chi connectivity index (χ4n) is 5.09. The van der Waals surface area contributed by atoms with Crippen LogP contribution in [0.2, 0.25) is 0 Å². The molecule has 2 aliphatic rings. The lowest BCUT2D eigenvalue weighted by Gasteiger charge is -2.41. The Morgan fingerprint density at radius 3 is 2.61 bits per heavy atom. The van der Waals surface area contributed by atoms with Crippen LogP contribution in [0.25, 0.3) is 10.4 Å². The first-order chi connectivity index (χ1) is 15.1. The number of carbonyl (C=O) groups is 2. The molecule has 4 nitrogen and oxygen atoms in total. The molecule has 1 aliphatic heterocycles. The van der Waals surface area contributed by atoms with Crippen LogP contribution in [0.3, 0.4) is 0 Å². The molecule has 164 valence electrons. The number of hydrogen-bond acceptors (Lipinski definition) is 3. The Bertz CT molecular complexity index is 907. The van der Waals surface area contributed by atoms with Crippen molar-refractivity contribution in [3.63, 3.8) is 0 Å². The minimum Gasteiger partial charge on any atom is -0.352 e. The minimum absolute atomic E-state index is 0.0851. The van der Waals surface area contributed by atoms with Crippen LogP contribution in [0.15, 0.2) is 54.4 Å². The summed E-state index contributed by atoms with van der Waals surface area (Å²) in [4.78, 5) is 29.4. The number of rotatable bonds is 7. The molecule has 1 saturated carbocycles. The second kappa shape index (κ2) is 9.82. The highest BCUT2D eigenvalue weighted by Gasteiger charge is 2.43. The molecule has 1 aromatic carbocycles. The highest BCUT2D eigenvalue weighted by atomic mass is 32.1. The summed E-state index contributed by atoms with van der Waals surface area (Å²) in [5, 5.41) is 5.13. The number of nitrogens with one attached hydrogen (secondary N) is 1. The second-order valence-corrected chi connectivity index (χ2v) is 9.89. The molecule has 1 saturated heterocycles. The molecule has 2 fully saturated rings. The summed E-state index contributed by atoms with van der Waals surface area (Å²) in [5.74, 6) is 0.587. The molecule has 31 heavy (non-hydrogen) atoms. The van der Waals surface area contributed by atoms with E-state index in [1.165, 1.54) is 28.8 Å². The van der Waals surface area contributed by atoms with Gasteiger partial charge in [-0.1, -0.05) is 49.2 Å². The van der Waals surface area contributed by atoms with Gasteiger partial charge in [0.2, 0.25) is 11.8 Å². The molecule has 1 N–H and O–H groups in total. The van der Waals surface area contributed by atoms with Gasteiger partial charge in [-0.3, -0.25) is 9.59 Å². The van der Waals surface area contributed by atoms with Gasteiger partial charge in [0.1, 0.15) is 0 Å². The molecule has 1 aliphatic carbocycles. The van der Waals surface area contributed by atoms with Crippen LogP contribution in [-0.2, 0) is 16.0 Å². The first-order valence-electron chi connectivity index (χ1n) is 11.4. The van der Waals surface area contributed by atoms with Crippen molar-refractivity contribution in [2.24, 2.45) is 11.3 Å².